The summed E-state index contributed by atoms with van der Waals surface area (Å²) in [6.07, 6.45) is 26.4. The van der Waals surface area contributed by atoms with Gasteiger partial charge in [0.15, 0.2) is 0 Å². The van der Waals surface area contributed by atoms with Gasteiger partial charge in [0.05, 0.1) is 0 Å². The van der Waals surface area contributed by atoms with Crippen molar-refractivity contribution in [2.45, 2.75) is 31.0 Å². The molecule has 9 atom stereocenters. The van der Waals surface area contributed by atoms with Crippen LogP contribution in [0.15, 0.2) is 60.8 Å². The summed E-state index contributed by atoms with van der Waals surface area (Å²) in [5.74, 6) is 5.02. The minimum atomic E-state index is 0.538. The Morgan fingerprint density at radius 3 is 1.86 bits per heavy atom. The van der Waals surface area contributed by atoms with Crippen LogP contribution in [0.5, 0.6) is 0 Å². The van der Waals surface area contributed by atoms with Crippen molar-refractivity contribution in [3.05, 3.63) is 60.8 Å². The van der Waals surface area contributed by atoms with Crippen LogP contribution in [0, 0.1) is 41.4 Å². The molecule has 3 N–H and O–H groups in total. The molecule has 0 aromatic carbocycles. The van der Waals surface area contributed by atoms with Crippen LogP contribution in [-0.2, 0) is 0 Å². The van der Waals surface area contributed by atoms with Crippen molar-refractivity contribution in [2.75, 3.05) is 19.6 Å². The first-order valence-electron chi connectivity index (χ1n) is 11.5. The molecule has 3 aliphatic heterocycles. The van der Waals surface area contributed by atoms with Gasteiger partial charge in [0.25, 0.3) is 0 Å². The van der Waals surface area contributed by atoms with E-state index in [1.807, 2.05) is 0 Å². The van der Waals surface area contributed by atoms with Gasteiger partial charge >= 0.3 is 0 Å². The van der Waals surface area contributed by atoms with E-state index in [2.05, 4.69) is 76.7 Å². The van der Waals surface area contributed by atoms with E-state index in [4.69, 9.17) is 0 Å². The van der Waals surface area contributed by atoms with Gasteiger partial charge in [-0.3, -0.25) is 0 Å². The predicted molar refractivity (Wildman–Crippen MR) is 115 cm³/mol. The lowest BCUT2D eigenvalue weighted by Crippen LogP contribution is -2.41. The second-order valence-corrected chi connectivity index (χ2v) is 9.73. The van der Waals surface area contributed by atoms with Crippen LogP contribution < -0.4 is 16.0 Å². The van der Waals surface area contributed by atoms with Crippen LogP contribution >= 0.6 is 0 Å². The van der Waals surface area contributed by atoms with Crippen molar-refractivity contribution in [1.29, 1.82) is 0 Å². The third-order valence-corrected chi connectivity index (χ3v) is 8.58. The largest absolute Gasteiger partial charge is 0.313 e. The Morgan fingerprint density at radius 1 is 0.607 bits per heavy atom. The molecule has 0 spiro atoms. The summed E-state index contributed by atoms with van der Waals surface area (Å²) < 4.78 is 0. The van der Waals surface area contributed by atoms with Gasteiger partial charge in [-0.2, -0.15) is 0 Å². The van der Waals surface area contributed by atoms with Gasteiger partial charge in [0, 0.05) is 30.0 Å². The monoisotopic (exact) mass is 375 g/mol. The fourth-order valence-corrected chi connectivity index (χ4v) is 7.38. The summed E-state index contributed by atoms with van der Waals surface area (Å²) in [7, 11) is 0. The Kier molecular flexibility index (Phi) is 4.44. The molecule has 6 rings (SSSR count). The van der Waals surface area contributed by atoms with E-state index >= 15 is 0 Å². The molecule has 0 aromatic rings. The average Bonchev–Trinajstić information content (AvgIpc) is 3.47. The zero-order valence-electron chi connectivity index (χ0n) is 16.6. The first kappa shape index (κ1) is 17.4. The van der Waals surface area contributed by atoms with E-state index in [0.29, 0.717) is 30.0 Å². The van der Waals surface area contributed by atoms with Crippen molar-refractivity contribution in [3.8, 4) is 0 Å². The number of hydrogen-bond acceptors (Lipinski definition) is 3. The third kappa shape index (κ3) is 2.74. The Hall–Kier alpha value is -1.42. The molecule has 0 radical (unpaired) electrons. The minimum Gasteiger partial charge on any atom is -0.313 e. The van der Waals surface area contributed by atoms with Crippen molar-refractivity contribution >= 4 is 0 Å². The molecule has 3 saturated heterocycles. The van der Waals surface area contributed by atoms with Gasteiger partial charge in [0.2, 0.25) is 0 Å². The number of allylic oxidation sites excluding steroid dienone is 5. The molecule has 28 heavy (non-hydrogen) atoms. The number of rotatable bonds is 3. The first-order chi connectivity index (χ1) is 13.9. The quantitative estimate of drug-likeness (QED) is 0.664. The highest BCUT2D eigenvalue weighted by atomic mass is 15.0. The van der Waals surface area contributed by atoms with Crippen molar-refractivity contribution in [2.24, 2.45) is 41.4 Å². The lowest BCUT2D eigenvalue weighted by Gasteiger charge is -2.41. The molecule has 3 heteroatoms. The summed E-state index contributed by atoms with van der Waals surface area (Å²) in [6, 6.07) is 1.78. The van der Waals surface area contributed by atoms with Gasteiger partial charge in [-0.05, 0) is 62.1 Å². The Labute approximate surface area is 169 Å². The molecule has 148 valence electrons. The topological polar surface area (TPSA) is 36.1 Å². The second kappa shape index (κ2) is 7.12. The maximum Gasteiger partial charge on any atom is 0.0319 e. The molecule has 9 unspecified atom stereocenters. The molecule has 0 amide bonds. The molecule has 6 aliphatic rings. The second-order valence-electron chi connectivity index (χ2n) is 9.73. The summed E-state index contributed by atoms with van der Waals surface area (Å²) in [4.78, 5) is 0. The van der Waals surface area contributed by atoms with Crippen molar-refractivity contribution < 1.29 is 0 Å². The van der Waals surface area contributed by atoms with Gasteiger partial charge in [-0.25, -0.2) is 0 Å². The van der Waals surface area contributed by atoms with Crippen molar-refractivity contribution in [1.82, 2.24) is 16.0 Å². The molecule has 3 aliphatic carbocycles. The van der Waals surface area contributed by atoms with E-state index in [0.717, 1.165) is 29.6 Å². The van der Waals surface area contributed by atoms with E-state index in [-0.39, 0.29) is 0 Å². The van der Waals surface area contributed by atoms with Gasteiger partial charge < -0.3 is 16.0 Å². The molecular weight excluding hydrogens is 342 g/mol. The summed E-state index contributed by atoms with van der Waals surface area (Å²) in [5.41, 5.74) is 0. The van der Waals surface area contributed by atoms with Crippen LogP contribution in [0.1, 0.15) is 12.8 Å². The van der Waals surface area contributed by atoms with Crippen molar-refractivity contribution in [3.63, 3.8) is 0 Å². The van der Waals surface area contributed by atoms with Crippen LogP contribution in [-0.4, -0.2) is 37.8 Å². The summed E-state index contributed by atoms with van der Waals surface area (Å²) in [6.45, 7) is 3.53. The van der Waals surface area contributed by atoms with Crippen LogP contribution in [0.2, 0.25) is 0 Å². The number of fused-ring (bicyclic) bond motifs is 3. The third-order valence-electron chi connectivity index (χ3n) is 8.58. The van der Waals surface area contributed by atoms with E-state index in [9.17, 15) is 0 Å². The first-order valence-corrected chi connectivity index (χ1v) is 11.5. The number of nitrogens with one attached hydrogen (secondary N) is 3. The molecule has 3 heterocycles. The molecule has 0 bridgehead atoms. The Bertz CT molecular complexity index is 697. The summed E-state index contributed by atoms with van der Waals surface area (Å²) in [5, 5.41) is 11.6. The zero-order valence-corrected chi connectivity index (χ0v) is 16.6. The Morgan fingerprint density at radius 2 is 1.18 bits per heavy atom. The van der Waals surface area contributed by atoms with E-state index in [1.54, 1.807) is 0 Å². The van der Waals surface area contributed by atoms with Crippen LogP contribution in [0.25, 0.3) is 0 Å². The van der Waals surface area contributed by atoms with Crippen LogP contribution in [0.4, 0.5) is 0 Å². The maximum atomic E-state index is 3.92. The van der Waals surface area contributed by atoms with E-state index < -0.39 is 0 Å². The fraction of sp³-hybridized carbons (Fsp3) is 0.600. The molecule has 3 fully saturated rings. The number of hydrogen-bond donors (Lipinski definition) is 3. The predicted octanol–water partition coefficient (Wildman–Crippen LogP) is 2.82. The molecule has 3 nitrogen and oxygen atoms in total. The standard InChI is InChI=1S/C25H33N3/c1-4-10-22-16(7-1)19(13-26-22)25(20-14-27-23-11-5-2-8-17(20)23)21-15-28-24-12-6-3-9-18(21)24/h1-5,7-11,16-28H,6,12-15H2. The Balaban J connectivity index is 1.36. The lowest BCUT2D eigenvalue weighted by atomic mass is 9.62. The van der Waals surface area contributed by atoms with E-state index in [1.165, 1.54) is 32.5 Å². The smallest absolute Gasteiger partial charge is 0.0319 e. The highest BCUT2D eigenvalue weighted by molar-refractivity contribution is 5.25. The van der Waals surface area contributed by atoms with Crippen LogP contribution in [0.3, 0.4) is 0 Å². The highest BCUT2D eigenvalue weighted by Gasteiger charge is 2.52. The van der Waals surface area contributed by atoms with Gasteiger partial charge in [0.1, 0.15) is 0 Å². The zero-order chi connectivity index (χ0) is 18.5. The molecular formula is C25H33N3. The fourth-order valence-electron chi connectivity index (χ4n) is 7.38. The van der Waals surface area contributed by atoms with Gasteiger partial charge in [-0.1, -0.05) is 60.8 Å². The molecule has 0 saturated carbocycles. The normalized spacial score (nSPS) is 49.2. The lowest BCUT2D eigenvalue weighted by molar-refractivity contribution is 0.113. The minimum absolute atomic E-state index is 0.538. The van der Waals surface area contributed by atoms with Gasteiger partial charge in [-0.15, -0.1) is 0 Å². The average molecular weight is 376 g/mol. The molecule has 0 aromatic heterocycles. The summed E-state index contributed by atoms with van der Waals surface area (Å²) >= 11 is 0. The SMILES string of the molecule is C1=CC2NCC(C(C3CNC4C=CC=CC43)C3CNC4CCC=CC43)C2C=C1. The maximum absolute atomic E-state index is 3.92. The highest BCUT2D eigenvalue weighted by Crippen LogP contribution is 2.49.